The second kappa shape index (κ2) is 28.5. The summed E-state index contributed by atoms with van der Waals surface area (Å²) in [6, 6.07) is 163. The van der Waals surface area contributed by atoms with Crippen molar-refractivity contribution in [1.82, 2.24) is 0 Å². The van der Waals surface area contributed by atoms with Crippen molar-refractivity contribution in [2.45, 2.75) is 10.8 Å². The first-order valence-corrected chi connectivity index (χ1v) is 40.0. The molecule has 0 bridgehead atoms. The van der Waals surface area contributed by atoms with Crippen molar-refractivity contribution in [2.75, 3.05) is 9.80 Å². The molecule has 20 aromatic rings. The summed E-state index contributed by atoms with van der Waals surface area (Å²) in [6.07, 6.45) is 0. The summed E-state index contributed by atoms with van der Waals surface area (Å²) in [5.74, 6) is 0. The van der Waals surface area contributed by atoms with Gasteiger partial charge in [0, 0.05) is 48.3 Å². The van der Waals surface area contributed by atoms with Gasteiger partial charge in [0.1, 0.15) is 11.2 Å². The highest BCUT2D eigenvalue weighted by molar-refractivity contribution is 7.26. The van der Waals surface area contributed by atoms with Crippen LogP contribution >= 0.6 is 11.3 Å². The molecule has 536 valence electrons. The molecule has 2 aliphatic rings. The van der Waals surface area contributed by atoms with E-state index in [1.54, 1.807) is 0 Å². The van der Waals surface area contributed by atoms with Crippen LogP contribution in [0.5, 0.6) is 0 Å². The first-order chi connectivity index (χ1) is 56.5. The lowest BCUT2D eigenvalue weighted by molar-refractivity contribution is 0.665. The summed E-state index contributed by atoms with van der Waals surface area (Å²) in [6.45, 7) is 0. The Morgan fingerprint density at radius 1 is 0.202 bits per heavy atom. The van der Waals surface area contributed by atoms with Crippen molar-refractivity contribution < 1.29 is 4.42 Å². The number of rotatable bonds is 14. The van der Waals surface area contributed by atoms with Crippen LogP contribution in [0.3, 0.4) is 0 Å². The van der Waals surface area contributed by atoms with Crippen LogP contribution in [0, 0.1) is 0 Å². The van der Waals surface area contributed by atoms with Crippen molar-refractivity contribution in [2.24, 2.45) is 0 Å². The lowest BCUT2D eigenvalue weighted by atomic mass is 9.67. The lowest BCUT2D eigenvalue weighted by Crippen LogP contribution is -2.28. The summed E-state index contributed by atoms with van der Waals surface area (Å²) in [4.78, 5) is 4.80. The van der Waals surface area contributed by atoms with Gasteiger partial charge in [-0.15, -0.1) is 11.3 Å². The molecule has 3 nitrogen and oxygen atoms in total. The summed E-state index contributed by atoms with van der Waals surface area (Å²) in [5.41, 5.74) is 32.4. The maximum absolute atomic E-state index is 6.89. The van der Waals surface area contributed by atoms with Gasteiger partial charge >= 0.3 is 0 Å². The number of para-hydroxylation sites is 2. The Kier molecular flexibility index (Phi) is 16.9. The van der Waals surface area contributed by atoms with E-state index in [9.17, 15) is 0 Å². The van der Waals surface area contributed by atoms with Crippen LogP contribution in [0.15, 0.2) is 453 Å². The topological polar surface area (TPSA) is 19.6 Å². The molecule has 0 atom stereocenters. The van der Waals surface area contributed by atoms with Crippen molar-refractivity contribution in [3.63, 3.8) is 0 Å². The number of hydrogen-bond donors (Lipinski definition) is 0. The molecule has 0 aliphatic heterocycles. The summed E-state index contributed by atoms with van der Waals surface area (Å²) in [5, 5.41) is 4.70. The Bertz CT molecular complexity index is 6480. The Balaban J connectivity index is 0.000000143. The number of thiophene rings is 1. The van der Waals surface area contributed by atoms with Gasteiger partial charge in [0.2, 0.25) is 0 Å². The van der Waals surface area contributed by atoms with Crippen molar-refractivity contribution >= 4 is 87.6 Å². The second-order valence-corrected chi connectivity index (χ2v) is 30.8. The molecule has 4 heteroatoms. The van der Waals surface area contributed by atoms with Crippen molar-refractivity contribution in [1.29, 1.82) is 0 Å². The highest BCUT2D eigenvalue weighted by Crippen LogP contribution is 2.59. The quantitative estimate of drug-likeness (QED) is 0.108. The van der Waals surface area contributed by atoms with E-state index < -0.39 is 10.8 Å². The minimum Gasteiger partial charge on any atom is -0.456 e. The zero-order chi connectivity index (χ0) is 75.5. The van der Waals surface area contributed by atoms with Crippen LogP contribution in [0.1, 0.15) is 44.5 Å². The Labute approximate surface area is 668 Å². The monoisotopic (exact) mass is 1470 g/mol. The Hall–Kier alpha value is -14.4. The SMILES string of the molecule is c1ccc(-c2cccc(-c3cccc(N(c4ccccc4)c4cccc5oc6cc(C7(c8ccccc8)c8ccccc8-c8ccccc87)ccc6c45)c3)c2)cc1.c1ccc(-c2cccc(-c3cccc(N(c4ccccc4)c4cccc5sc6cc(C7(c8ccccc8)c8ccccc8-c8ccccc87)ccc6c45)c3)c2)cc1. The Morgan fingerprint density at radius 3 is 0.991 bits per heavy atom. The first kappa shape index (κ1) is 67.7. The maximum Gasteiger partial charge on any atom is 0.137 e. The number of anilines is 6. The third-order valence-electron chi connectivity index (χ3n) is 23.5. The second-order valence-electron chi connectivity index (χ2n) is 29.7. The van der Waals surface area contributed by atoms with Crippen LogP contribution in [-0.2, 0) is 10.8 Å². The van der Waals surface area contributed by atoms with Gasteiger partial charge in [-0.05, 0) is 208 Å². The van der Waals surface area contributed by atoms with Gasteiger partial charge in [-0.1, -0.05) is 352 Å². The predicted molar refractivity (Wildman–Crippen MR) is 479 cm³/mol. The first-order valence-electron chi connectivity index (χ1n) is 39.2. The van der Waals surface area contributed by atoms with E-state index in [4.69, 9.17) is 4.42 Å². The van der Waals surface area contributed by atoms with E-state index in [0.29, 0.717) is 0 Å². The molecule has 2 aliphatic carbocycles. The molecule has 114 heavy (non-hydrogen) atoms. The molecule has 0 saturated heterocycles. The number of furan rings is 1. The largest absolute Gasteiger partial charge is 0.456 e. The zero-order valence-corrected chi connectivity index (χ0v) is 63.3. The van der Waals surface area contributed by atoms with Crippen LogP contribution in [0.2, 0.25) is 0 Å². The molecule has 0 spiro atoms. The number of nitrogens with zero attached hydrogens (tertiary/aromatic N) is 2. The molecule has 0 radical (unpaired) electrons. The fraction of sp³-hybridized carbons (Fsp3) is 0.0182. The van der Waals surface area contributed by atoms with E-state index in [1.807, 2.05) is 11.3 Å². The van der Waals surface area contributed by atoms with Crippen LogP contribution in [-0.4, -0.2) is 0 Å². The van der Waals surface area contributed by atoms with Gasteiger partial charge in [0.15, 0.2) is 0 Å². The summed E-state index contributed by atoms with van der Waals surface area (Å²) >= 11 is 1.89. The molecular formula is C110H74N2OS. The molecule has 18 aromatic carbocycles. The van der Waals surface area contributed by atoms with E-state index >= 15 is 0 Å². The zero-order valence-electron chi connectivity index (χ0n) is 62.4. The molecule has 2 aromatic heterocycles. The number of benzene rings is 18. The van der Waals surface area contributed by atoms with Gasteiger partial charge in [-0.25, -0.2) is 0 Å². The molecule has 2 heterocycles. The average Bonchev–Trinajstić information content (AvgIpc) is 1.54. The molecular weight excluding hydrogens is 1400 g/mol. The standard InChI is InChI=1S/C55H37NO.C55H37NS/c2*1-4-17-38(18-5-1)39-19-14-20-40(35-39)41-21-15-26-45(36-41)56(44-24-8-3-9-25-44)51-31-16-32-52-54(51)48-34-33-43(37-53(48)57-52)55(42-22-6-2-7-23-42)49-29-12-10-27-46(49)47-28-11-13-30-50(47)55/h2*1-37H. The van der Waals surface area contributed by atoms with E-state index in [2.05, 4.69) is 459 Å². The normalized spacial score (nSPS) is 12.7. The summed E-state index contributed by atoms with van der Waals surface area (Å²) in [7, 11) is 0. The predicted octanol–water partition coefficient (Wildman–Crippen LogP) is 30.0. The van der Waals surface area contributed by atoms with E-state index in [0.717, 1.165) is 55.9 Å². The fourth-order valence-corrected chi connectivity index (χ4v) is 19.7. The highest BCUT2D eigenvalue weighted by atomic mass is 32.1. The molecule has 0 saturated carbocycles. The average molecular weight is 1470 g/mol. The fourth-order valence-electron chi connectivity index (χ4n) is 18.6. The van der Waals surface area contributed by atoms with Gasteiger partial charge in [0.05, 0.1) is 27.6 Å². The lowest BCUT2D eigenvalue weighted by Gasteiger charge is -2.34. The third kappa shape index (κ3) is 11.3. The maximum atomic E-state index is 6.89. The molecule has 0 N–H and O–H groups in total. The minimum atomic E-state index is -0.501. The molecule has 0 amide bonds. The molecule has 0 unspecified atom stereocenters. The Morgan fingerprint density at radius 2 is 0.535 bits per heavy atom. The van der Waals surface area contributed by atoms with Crippen molar-refractivity contribution in [3.8, 4) is 66.8 Å². The van der Waals surface area contributed by atoms with Crippen LogP contribution in [0.25, 0.3) is 109 Å². The molecule has 22 rings (SSSR count). The van der Waals surface area contributed by atoms with E-state index in [-0.39, 0.29) is 0 Å². The van der Waals surface area contributed by atoms with E-state index in [1.165, 1.54) is 132 Å². The van der Waals surface area contributed by atoms with Gasteiger partial charge in [-0.2, -0.15) is 0 Å². The third-order valence-corrected chi connectivity index (χ3v) is 24.6. The minimum absolute atomic E-state index is 0.435. The van der Waals surface area contributed by atoms with Gasteiger partial charge in [-0.3, -0.25) is 0 Å². The van der Waals surface area contributed by atoms with Crippen molar-refractivity contribution in [3.05, 3.63) is 493 Å². The number of hydrogen-bond acceptors (Lipinski definition) is 4. The van der Waals surface area contributed by atoms with Crippen LogP contribution in [0.4, 0.5) is 34.1 Å². The smallest absolute Gasteiger partial charge is 0.137 e. The number of fused-ring (bicyclic) bond motifs is 12. The van der Waals surface area contributed by atoms with Crippen LogP contribution < -0.4 is 9.80 Å². The van der Waals surface area contributed by atoms with Gasteiger partial charge < -0.3 is 14.2 Å². The summed E-state index contributed by atoms with van der Waals surface area (Å²) < 4.78 is 9.45. The highest BCUT2D eigenvalue weighted by Gasteiger charge is 2.48. The van der Waals surface area contributed by atoms with Gasteiger partial charge in [0.25, 0.3) is 0 Å². The molecule has 0 fully saturated rings.